The quantitative estimate of drug-likeness (QED) is 0.678. The molecule has 1 saturated heterocycles. The predicted molar refractivity (Wildman–Crippen MR) is 105 cm³/mol. The maximum absolute atomic E-state index is 11.9. The Bertz CT molecular complexity index is 874. The Hall–Kier alpha value is -2.74. The summed E-state index contributed by atoms with van der Waals surface area (Å²) in [6.07, 6.45) is 3.01. The average Bonchev–Trinajstić information content (AvgIpc) is 2.73. The lowest BCUT2D eigenvalue weighted by molar-refractivity contribution is -0.0979. The molecule has 0 radical (unpaired) electrons. The molecule has 3 rings (SSSR count). The van der Waals surface area contributed by atoms with Crippen molar-refractivity contribution < 1.29 is 6.17 Å². The van der Waals surface area contributed by atoms with Crippen molar-refractivity contribution >= 4 is 12.5 Å². The SMILES string of the molecule is C=O.[3H]c1ccccc1N1CCN(CCCCn2ncc(=O)n(C)c2=O)CC1. The van der Waals surface area contributed by atoms with Crippen molar-refractivity contribution in [3.05, 3.63) is 57.3 Å². The van der Waals surface area contributed by atoms with Gasteiger partial charge in [0.2, 0.25) is 0 Å². The van der Waals surface area contributed by atoms with Gasteiger partial charge in [0.25, 0.3) is 5.56 Å². The Morgan fingerprint density at radius 3 is 2.48 bits per heavy atom. The summed E-state index contributed by atoms with van der Waals surface area (Å²) in [4.78, 5) is 35.9. The molecule has 0 unspecified atom stereocenters. The highest BCUT2D eigenvalue weighted by Gasteiger charge is 2.16. The largest absolute Gasteiger partial charge is 0.369 e. The minimum absolute atomic E-state index is 0.361. The van der Waals surface area contributed by atoms with Gasteiger partial charge in [-0.25, -0.2) is 9.48 Å². The van der Waals surface area contributed by atoms with Crippen LogP contribution in [-0.2, 0) is 18.4 Å². The number of hydrogen-bond acceptors (Lipinski definition) is 6. The van der Waals surface area contributed by atoms with E-state index >= 15 is 0 Å². The molecule has 2 heterocycles. The van der Waals surface area contributed by atoms with Gasteiger partial charge in [-0.2, -0.15) is 5.10 Å². The molecule has 8 heteroatoms. The van der Waals surface area contributed by atoms with Crippen LogP contribution in [0.1, 0.15) is 14.2 Å². The van der Waals surface area contributed by atoms with Crippen molar-refractivity contribution in [2.24, 2.45) is 7.05 Å². The highest BCUT2D eigenvalue weighted by Crippen LogP contribution is 2.15. The number of nitrogens with zero attached hydrogens (tertiary/aromatic N) is 5. The summed E-state index contributed by atoms with van der Waals surface area (Å²) < 4.78 is 10.4. The number of aryl methyl sites for hydroxylation is 1. The molecule has 0 spiro atoms. The van der Waals surface area contributed by atoms with Crippen LogP contribution in [-0.4, -0.2) is 58.8 Å². The molecule has 146 valence electrons. The first-order valence-corrected chi connectivity index (χ1v) is 9.01. The zero-order chi connectivity index (χ0) is 20.5. The molecular formula is C19H27N5O3. The average molecular weight is 375 g/mol. The smallest absolute Gasteiger partial charge is 0.347 e. The van der Waals surface area contributed by atoms with E-state index in [1.165, 1.54) is 17.9 Å². The van der Waals surface area contributed by atoms with E-state index in [-0.39, 0.29) is 11.2 Å². The highest BCUT2D eigenvalue weighted by molar-refractivity contribution is 5.46. The van der Waals surface area contributed by atoms with Crippen LogP contribution in [0.3, 0.4) is 0 Å². The molecule has 0 atom stereocenters. The third-order valence-electron chi connectivity index (χ3n) is 4.65. The molecule has 0 aliphatic carbocycles. The maximum atomic E-state index is 11.9. The third kappa shape index (κ3) is 5.62. The number of piperazine rings is 1. The first-order valence-electron chi connectivity index (χ1n) is 9.51. The van der Waals surface area contributed by atoms with E-state index in [4.69, 9.17) is 6.17 Å². The number of unbranched alkanes of at least 4 members (excludes halogenated alkanes) is 1. The molecule has 0 bridgehead atoms. The van der Waals surface area contributed by atoms with E-state index in [1.54, 1.807) is 0 Å². The molecule has 0 saturated carbocycles. The van der Waals surface area contributed by atoms with Crippen molar-refractivity contribution in [2.75, 3.05) is 37.6 Å². The Morgan fingerprint density at radius 2 is 1.78 bits per heavy atom. The van der Waals surface area contributed by atoms with Crippen LogP contribution in [0.2, 0.25) is 0 Å². The van der Waals surface area contributed by atoms with Crippen LogP contribution < -0.4 is 16.1 Å². The number of aromatic nitrogens is 3. The molecule has 0 N–H and O–H groups in total. The fourth-order valence-corrected chi connectivity index (χ4v) is 3.07. The molecule has 1 fully saturated rings. The second-order valence-electron chi connectivity index (χ2n) is 6.33. The predicted octanol–water partition coefficient (Wildman–Crippen LogP) is 0.360. The van der Waals surface area contributed by atoms with Crippen LogP contribution in [0.25, 0.3) is 0 Å². The number of rotatable bonds is 6. The standard InChI is InChI=1S/C18H25N5O2.CH2O/c1-20-17(24)15-19-23(18(20)25)10-6-5-9-21-11-13-22(14-12-21)16-7-3-2-4-8-16;1-2/h2-4,7-8,15H,5-6,9-14H2,1H3;1H2/i7T;. The van der Waals surface area contributed by atoms with Gasteiger partial charge in [-0.05, 0) is 31.5 Å². The van der Waals surface area contributed by atoms with E-state index < -0.39 is 0 Å². The summed E-state index contributed by atoms with van der Waals surface area (Å²) in [5, 5.41) is 3.91. The molecule has 1 aliphatic heterocycles. The fraction of sp³-hybridized carbons (Fsp3) is 0.474. The van der Waals surface area contributed by atoms with Crippen molar-refractivity contribution in [3.63, 3.8) is 0 Å². The molecule has 0 amide bonds. The Morgan fingerprint density at radius 1 is 1.07 bits per heavy atom. The van der Waals surface area contributed by atoms with Crippen LogP contribution in [0.15, 0.2) is 46.1 Å². The number of carbonyl (C=O) groups is 1. The topological polar surface area (TPSA) is 80.4 Å². The van der Waals surface area contributed by atoms with Gasteiger partial charge in [-0.3, -0.25) is 14.3 Å². The van der Waals surface area contributed by atoms with Crippen LogP contribution >= 0.6 is 0 Å². The molecule has 1 aromatic heterocycles. The van der Waals surface area contributed by atoms with Gasteiger partial charge >= 0.3 is 5.69 Å². The van der Waals surface area contributed by atoms with Gasteiger partial charge in [0, 0.05) is 45.5 Å². The van der Waals surface area contributed by atoms with Crippen LogP contribution in [0.4, 0.5) is 5.69 Å². The third-order valence-corrected chi connectivity index (χ3v) is 4.65. The first kappa shape index (κ1) is 19.0. The van der Waals surface area contributed by atoms with Gasteiger partial charge < -0.3 is 9.69 Å². The normalized spacial score (nSPS) is 15.0. The zero-order valence-corrected chi connectivity index (χ0v) is 15.7. The van der Waals surface area contributed by atoms with E-state index in [0.29, 0.717) is 12.6 Å². The number of hydrogen-bond donors (Lipinski definition) is 0. The van der Waals surface area contributed by atoms with Crippen molar-refractivity contribution in [1.29, 1.82) is 0 Å². The summed E-state index contributed by atoms with van der Waals surface area (Å²) in [6, 6.07) is 8.30. The lowest BCUT2D eigenvalue weighted by atomic mass is 10.2. The number of benzene rings is 1. The molecule has 1 aliphatic rings. The van der Waals surface area contributed by atoms with Gasteiger partial charge in [0.05, 0.1) is 1.37 Å². The maximum Gasteiger partial charge on any atom is 0.347 e. The molecule has 1 aromatic carbocycles. The lowest BCUT2D eigenvalue weighted by Crippen LogP contribution is -2.46. The second-order valence-corrected chi connectivity index (χ2v) is 6.33. The fourth-order valence-electron chi connectivity index (χ4n) is 3.07. The summed E-state index contributed by atoms with van der Waals surface area (Å²) >= 11 is 0. The van der Waals surface area contributed by atoms with Crippen molar-refractivity contribution in [2.45, 2.75) is 19.4 Å². The molecular weight excluding hydrogens is 346 g/mol. The summed E-state index contributed by atoms with van der Waals surface area (Å²) in [7, 11) is 1.47. The summed E-state index contributed by atoms with van der Waals surface area (Å²) in [6.45, 7) is 7.32. The second kappa shape index (κ2) is 10.4. The monoisotopic (exact) mass is 375 g/mol. The van der Waals surface area contributed by atoms with E-state index in [2.05, 4.69) is 14.9 Å². The number of carbonyl (C=O) groups excluding carboxylic acids is 1. The van der Waals surface area contributed by atoms with Crippen molar-refractivity contribution in [1.82, 2.24) is 19.2 Å². The van der Waals surface area contributed by atoms with Crippen LogP contribution in [0, 0.1) is 0 Å². The van der Waals surface area contributed by atoms with E-state index in [1.807, 2.05) is 31.1 Å². The molecule has 27 heavy (non-hydrogen) atoms. The molecule has 2 aromatic rings. The van der Waals surface area contributed by atoms with Gasteiger partial charge in [0.15, 0.2) is 0 Å². The minimum Gasteiger partial charge on any atom is -0.369 e. The van der Waals surface area contributed by atoms with Crippen molar-refractivity contribution in [3.8, 4) is 0 Å². The van der Waals surface area contributed by atoms with Gasteiger partial charge in [-0.15, -0.1) is 0 Å². The van der Waals surface area contributed by atoms with Gasteiger partial charge in [-0.1, -0.05) is 18.2 Å². The first-order chi connectivity index (χ1) is 13.6. The Kier molecular flexibility index (Phi) is 7.34. The highest BCUT2D eigenvalue weighted by atomic mass is 16.2. The number of anilines is 1. The molecule has 8 nitrogen and oxygen atoms in total. The van der Waals surface area contributed by atoms with E-state index in [0.717, 1.165) is 55.8 Å². The minimum atomic E-state index is -0.377. The Balaban J connectivity index is 0.00000136. The number of para-hydroxylation sites is 1. The zero-order valence-electron chi connectivity index (χ0n) is 16.7. The summed E-state index contributed by atoms with van der Waals surface area (Å²) in [5.74, 6) is 0. The van der Waals surface area contributed by atoms with E-state index in [9.17, 15) is 9.59 Å². The lowest BCUT2D eigenvalue weighted by Gasteiger charge is -2.36. The van der Waals surface area contributed by atoms with Crippen LogP contribution in [0.5, 0.6) is 0 Å². The summed E-state index contributed by atoms with van der Waals surface area (Å²) in [5.41, 5.74) is 0.269. The van der Waals surface area contributed by atoms with Gasteiger partial charge in [0.1, 0.15) is 13.0 Å². The Labute approximate surface area is 160 Å².